The zero-order valence-electron chi connectivity index (χ0n) is 14.1. The van der Waals surface area contributed by atoms with E-state index >= 15 is 0 Å². The summed E-state index contributed by atoms with van der Waals surface area (Å²) in [5, 5.41) is 6.09. The lowest BCUT2D eigenvalue weighted by atomic mass is 10.1. The molecule has 0 aliphatic rings. The highest BCUT2D eigenvalue weighted by atomic mass is 32.2. The van der Waals surface area contributed by atoms with Gasteiger partial charge in [0.05, 0.1) is 22.6 Å². The fraction of sp³-hybridized carbons (Fsp3) is 0.111. The van der Waals surface area contributed by atoms with Crippen LogP contribution in [0.25, 0.3) is 11.3 Å². The maximum Gasteiger partial charge on any atom is 0.341 e. The molecule has 0 saturated carbocycles. The third-order valence-electron chi connectivity index (χ3n) is 3.80. The number of halogens is 3. The van der Waals surface area contributed by atoms with Gasteiger partial charge >= 0.3 is 5.76 Å². The standard InChI is InChI=1S/C18H13F3N2O4S/c19-14-7-3-1-5-12(14)15-9-11(23-27-15)10-22-17(24)13-6-2-4-8-16(13)28(25,26)18(20)21/h1-9,18H,10H2,(H,22,24). The van der Waals surface area contributed by atoms with Crippen LogP contribution in [0.3, 0.4) is 0 Å². The van der Waals surface area contributed by atoms with E-state index in [0.29, 0.717) is 0 Å². The summed E-state index contributed by atoms with van der Waals surface area (Å²) < 4.78 is 67.9. The van der Waals surface area contributed by atoms with Crippen LogP contribution in [0.4, 0.5) is 13.2 Å². The molecule has 1 aromatic heterocycles. The molecule has 10 heteroatoms. The number of carbonyl (C=O) groups is 1. The second-order valence-electron chi connectivity index (χ2n) is 5.65. The summed E-state index contributed by atoms with van der Waals surface area (Å²) in [5.41, 5.74) is 0.00220. The van der Waals surface area contributed by atoms with Crippen LogP contribution in [-0.2, 0) is 16.4 Å². The Morgan fingerprint density at radius 1 is 1.11 bits per heavy atom. The van der Waals surface area contributed by atoms with E-state index in [2.05, 4.69) is 10.5 Å². The Morgan fingerprint density at radius 3 is 2.50 bits per heavy atom. The minimum absolute atomic E-state index is 0.142. The number of nitrogens with zero attached hydrogens (tertiary/aromatic N) is 1. The van der Waals surface area contributed by atoms with Gasteiger partial charge < -0.3 is 9.84 Å². The van der Waals surface area contributed by atoms with Gasteiger partial charge in [-0.15, -0.1) is 0 Å². The third kappa shape index (κ3) is 3.91. The highest BCUT2D eigenvalue weighted by Crippen LogP contribution is 2.24. The minimum atomic E-state index is -4.94. The molecule has 0 aliphatic heterocycles. The lowest BCUT2D eigenvalue weighted by Gasteiger charge is -2.09. The second-order valence-corrected chi connectivity index (χ2v) is 7.53. The van der Waals surface area contributed by atoms with Gasteiger partial charge in [-0.05, 0) is 24.3 Å². The van der Waals surface area contributed by atoms with Crippen molar-refractivity contribution in [2.24, 2.45) is 0 Å². The molecule has 0 saturated heterocycles. The molecule has 0 radical (unpaired) electrons. The Balaban J connectivity index is 1.77. The summed E-state index contributed by atoms with van der Waals surface area (Å²) in [6.45, 7) is -0.181. The average molecular weight is 410 g/mol. The van der Waals surface area contributed by atoms with E-state index in [9.17, 15) is 26.4 Å². The van der Waals surface area contributed by atoms with Crippen molar-refractivity contribution in [2.75, 3.05) is 0 Å². The minimum Gasteiger partial charge on any atom is -0.356 e. The maximum atomic E-state index is 13.8. The summed E-state index contributed by atoms with van der Waals surface area (Å²) >= 11 is 0. The summed E-state index contributed by atoms with van der Waals surface area (Å²) in [6.07, 6.45) is 0. The van der Waals surface area contributed by atoms with E-state index in [-0.39, 0.29) is 23.6 Å². The summed E-state index contributed by atoms with van der Waals surface area (Å²) in [7, 11) is -4.94. The highest BCUT2D eigenvalue weighted by molar-refractivity contribution is 7.91. The number of rotatable bonds is 6. The van der Waals surface area contributed by atoms with Crippen molar-refractivity contribution in [2.45, 2.75) is 17.2 Å². The van der Waals surface area contributed by atoms with Crippen molar-refractivity contribution in [3.8, 4) is 11.3 Å². The van der Waals surface area contributed by atoms with Gasteiger partial charge in [-0.1, -0.05) is 29.4 Å². The van der Waals surface area contributed by atoms with Crippen molar-refractivity contribution in [1.82, 2.24) is 10.5 Å². The molecule has 0 unspecified atom stereocenters. The lowest BCUT2D eigenvalue weighted by Crippen LogP contribution is -2.26. The van der Waals surface area contributed by atoms with Crippen molar-refractivity contribution in [1.29, 1.82) is 0 Å². The Kier molecular flexibility index (Phi) is 5.50. The average Bonchev–Trinajstić information content (AvgIpc) is 3.15. The van der Waals surface area contributed by atoms with E-state index < -0.39 is 37.8 Å². The van der Waals surface area contributed by atoms with Crippen LogP contribution in [0.5, 0.6) is 0 Å². The Bertz CT molecular complexity index is 1110. The molecule has 1 N–H and O–H groups in total. The van der Waals surface area contributed by atoms with Crippen molar-refractivity contribution >= 4 is 15.7 Å². The number of amides is 1. The van der Waals surface area contributed by atoms with Gasteiger partial charge in [0.25, 0.3) is 5.91 Å². The molecule has 1 amide bonds. The molecule has 0 fully saturated rings. The van der Waals surface area contributed by atoms with Crippen LogP contribution in [0.2, 0.25) is 0 Å². The molecule has 0 spiro atoms. The van der Waals surface area contributed by atoms with Crippen molar-refractivity contribution in [3.63, 3.8) is 0 Å². The van der Waals surface area contributed by atoms with Gasteiger partial charge in [0, 0.05) is 6.07 Å². The topological polar surface area (TPSA) is 89.3 Å². The molecule has 3 rings (SSSR count). The van der Waals surface area contributed by atoms with E-state index in [1.165, 1.54) is 36.4 Å². The Hall–Kier alpha value is -3.14. The van der Waals surface area contributed by atoms with Gasteiger partial charge in [-0.3, -0.25) is 4.79 Å². The first kappa shape index (κ1) is 19.6. The number of aromatic nitrogens is 1. The number of nitrogens with one attached hydrogen (secondary N) is 1. The van der Waals surface area contributed by atoms with Crippen molar-refractivity contribution < 1.29 is 30.9 Å². The van der Waals surface area contributed by atoms with Crippen LogP contribution in [0.1, 0.15) is 16.1 Å². The molecule has 28 heavy (non-hydrogen) atoms. The van der Waals surface area contributed by atoms with Crippen molar-refractivity contribution in [3.05, 3.63) is 71.7 Å². The van der Waals surface area contributed by atoms with Gasteiger partial charge in [-0.25, -0.2) is 12.8 Å². The van der Waals surface area contributed by atoms with E-state index in [1.807, 2.05) is 0 Å². The van der Waals surface area contributed by atoms with Crippen LogP contribution in [-0.4, -0.2) is 25.2 Å². The van der Waals surface area contributed by atoms with E-state index in [0.717, 1.165) is 12.1 Å². The normalized spacial score (nSPS) is 11.6. The first-order valence-corrected chi connectivity index (χ1v) is 9.45. The monoisotopic (exact) mass is 410 g/mol. The van der Waals surface area contributed by atoms with Gasteiger partial charge in [0.15, 0.2) is 5.76 Å². The van der Waals surface area contributed by atoms with Crippen LogP contribution >= 0.6 is 0 Å². The molecule has 6 nitrogen and oxygen atoms in total. The fourth-order valence-corrected chi connectivity index (χ4v) is 3.37. The maximum absolute atomic E-state index is 13.8. The number of hydrogen-bond acceptors (Lipinski definition) is 5. The predicted molar refractivity (Wildman–Crippen MR) is 92.7 cm³/mol. The largest absolute Gasteiger partial charge is 0.356 e. The number of sulfone groups is 1. The number of alkyl halides is 2. The number of hydrogen-bond donors (Lipinski definition) is 1. The first-order chi connectivity index (χ1) is 13.3. The molecule has 0 bridgehead atoms. The predicted octanol–water partition coefficient (Wildman–Crippen LogP) is 3.41. The molecular formula is C18H13F3N2O4S. The van der Waals surface area contributed by atoms with Crippen LogP contribution in [0, 0.1) is 5.82 Å². The fourth-order valence-electron chi connectivity index (χ4n) is 2.45. The van der Waals surface area contributed by atoms with Crippen LogP contribution in [0.15, 0.2) is 64.0 Å². The molecule has 0 aliphatic carbocycles. The molecule has 146 valence electrons. The third-order valence-corrected chi connectivity index (χ3v) is 5.24. The molecule has 0 atom stereocenters. The van der Waals surface area contributed by atoms with Gasteiger partial charge in [-0.2, -0.15) is 8.78 Å². The Morgan fingerprint density at radius 2 is 1.79 bits per heavy atom. The SMILES string of the molecule is O=C(NCc1cc(-c2ccccc2F)on1)c1ccccc1S(=O)(=O)C(F)F. The van der Waals surface area contributed by atoms with Gasteiger partial charge in [0.2, 0.25) is 9.84 Å². The smallest absolute Gasteiger partial charge is 0.341 e. The molecule has 1 heterocycles. The summed E-state index contributed by atoms with van der Waals surface area (Å²) in [6, 6.07) is 11.9. The quantitative estimate of drug-likeness (QED) is 0.673. The number of carbonyl (C=O) groups excluding carboxylic acids is 1. The zero-order valence-corrected chi connectivity index (χ0v) is 14.9. The Labute approximate surface area is 157 Å². The van der Waals surface area contributed by atoms with E-state index in [1.54, 1.807) is 6.07 Å². The zero-order chi connectivity index (χ0) is 20.3. The molecule has 2 aromatic carbocycles. The second kappa shape index (κ2) is 7.85. The van der Waals surface area contributed by atoms with Crippen LogP contribution < -0.4 is 5.32 Å². The molecular weight excluding hydrogens is 397 g/mol. The lowest BCUT2D eigenvalue weighted by molar-refractivity contribution is 0.0946. The molecule has 3 aromatic rings. The van der Waals surface area contributed by atoms with E-state index in [4.69, 9.17) is 4.52 Å². The number of benzene rings is 2. The van der Waals surface area contributed by atoms with Gasteiger partial charge in [0.1, 0.15) is 11.5 Å². The summed E-state index contributed by atoms with van der Waals surface area (Å²) in [4.78, 5) is 11.5. The highest BCUT2D eigenvalue weighted by Gasteiger charge is 2.30. The summed E-state index contributed by atoms with van der Waals surface area (Å²) in [5.74, 6) is -4.90. The first-order valence-electron chi connectivity index (χ1n) is 7.90.